The number of unbranched alkanes of at least 4 members (excludes halogenated alkanes) is 1. The van der Waals surface area contributed by atoms with Gasteiger partial charge in [-0.3, -0.25) is 9.59 Å². The zero-order chi connectivity index (χ0) is 21.9. The second-order valence-electron chi connectivity index (χ2n) is 7.39. The average molecular weight is 431 g/mol. The molecule has 1 atom stereocenters. The number of nitrogens with zero attached hydrogens (tertiary/aromatic N) is 1. The third kappa shape index (κ3) is 7.48. The van der Waals surface area contributed by atoms with Crippen LogP contribution in [0.2, 0.25) is 0 Å². The van der Waals surface area contributed by atoms with Crippen molar-refractivity contribution in [1.29, 1.82) is 0 Å². The van der Waals surface area contributed by atoms with E-state index in [0.717, 1.165) is 29.5 Å². The fourth-order valence-corrected chi connectivity index (χ4v) is 3.88. The predicted octanol–water partition coefficient (Wildman–Crippen LogP) is 4.70. The largest absolute Gasteiger partial charge is 0.354 e. The maximum Gasteiger partial charge on any atom is 0.242 e. The summed E-state index contributed by atoms with van der Waals surface area (Å²) in [5.74, 6) is 0.390. The van der Waals surface area contributed by atoms with E-state index >= 15 is 0 Å². The lowest BCUT2D eigenvalue weighted by Crippen LogP contribution is -2.48. The number of aryl methyl sites for hydroxylation is 1. The van der Waals surface area contributed by atoms with E-state index in [9.17, 15) is 14.0 Å². The van der Waals surface area contributed by atoms with E-state index in [1.807, 2.05) is 31.2 Å². The van der Waals surface area contributed by atoms with Crippen LogP contribution in [0, 0.1) is 12.7 Å². The number of thioether (sulfide) groups is 1. The van der Waals surface area contributed by atoms with Crippen molar-refractivity contribution >= 4 is 23.6 Å². The number of carbonyl (C=O) groups is 2. The summed E-state index contributed by atoms with van der Waals surface area (Å²) < 4.78 is 13.1. The van der Waals surface area contributed by atoms with Crippen LogP contribution in [0.25, 0.3) is 0 Å². The van der Waals surface area contributed by atoms with Gasteiger partial charge in [0.15, 0.2) is 0 Å². The van der Waals surface area contributed by atoms with Gasteiger partial charge in [-0.25, -0.2) is 4.39 Å². The fourth-order valence-electron chi connectivity index (χ4n) is 3.01. The number of nitrogens with one attached hydrogen (secondary N) is 1. The lowest BCUT2D eigenvalue weighted by atomic mass is 10.1. The minimum atomic E-state index is -0.555. The maximum absolute atomic E-state index is 13.1. The smallest absolute Gasteiger partial charge is 0.242 e. The van der Waals surface area contributed by atoms with Crippen LogP contribution in [0.5, 0.6) is 0 Å². The topological polar surface area (TPSA) is 49.4 Å². The summed E-state index contributed by atoms with van der Waals surface area (Å²) in [4.78, 5) is 27.3. The van der Waals surface area contributed by atoms with Crippen molar-refractivity contribution in [1.82, 2.24) is 10.2 Å². The van der Waals surface area contributed by atoms with Gasteiger partial charge in [0.25, 0.3) is 0 Å². The van der Waals surface area contributed by atoms with Gasteiger partial charge in [0.2, 0.25) is 11.8 Å². The molecule has 0 spiro atoms. The van der Waals surface area contributed by atoms with Gasteiger partial charge in [-0.2, -0.15) is 0 Å². The summed E-state index contributed by atoms with van der Waals surface area (Å²) in [6, 6.07) is 13.6. The Balaban J connectivity index is 2.04. The van der Waals surface area contributed by atoms with Crippen molar-refractivity contribution in [2.45, 2.75) is 52.0 Å². The minimum absolute atomic E-state index is 0.0801. The molecule has 0 aliphatic carbocycles. The molecule has 4 nitrogen and oxygen atoms in total. The molecule has 0 saturated carbocycles. The number of hydrogen-bond acceptors (Lipinski definition) is 3. The van der Waals surface area contributed by atoms with Gasteiger partial charge in [-0.15, -0.1) is 11.8 Å². The molecule has 2 aromatic rings. The Morgan fingerprint density at radius 2 is 1.83 bits per heavy atom. The van der Waals surface area contributed by atoms with E-state index in [0.29, 0.717) is 18.8 Å². The summed E-state index contributed by atoms with van der Waals surface area (Å²) >= 11 is 1.47. The highest BCUT2D eigenvalue weighted by atomic mass is 32.2. The van der Waals surface area contributed by atoms with Gasteiger partial charge in [0.05, 0.1) is 5.75 Å². The molecule has 162 valence electrons. The number of hydrogen-bond donors (Lipinski definition) is 1. The minimum Gasteiger partial charge on any atom is -0.354 e. The standard InChI is InChI=1S/C24H31FN2O2S/c1-4-5-14-26-24(29)19(3)27(15-21-9-7-6-8-18(21)2)23(28)17-30-16-20-10-12-22(25)13-11-20/h6-13,19H,4-5,14-17H2,1-3H3,(H,26,29)/t19-/m0/s1. The number of halogens is 1. The van der Waals surface area contributed by atoms with Gasteiger partial charge in [0.1, 0.15) is 11.9 Å². The van der Waals surface area contributed by atoms with E-state index in [2.05, 4.69) is 12.2 Å². The molecule has 0 aromatic heterocycles. The van der Waals surface area contributed by atoms with Crippen molar-refractivity contribution in [3.05, 3.63) is 71.0 Å². The normalized spacial score (nSPS) is 11.7. The zero-order valence-electron chi connectivity index (χ0n) is 18.0. The average Bonchev–Trinajstić information content (AvgIpc) is 2.74. The number of rotatable bonds is 11. The van der Waals surface area contributed by atoms with Crippen LogP contribution in [0.4, 0.5) is 4.39 Å². The summed E-state index contributed by atoms with van der Waals surface area (Å²) in [7, 11) is 0. The van der Waals surface area contributed by atoms with Crippen LogP contribution in [-0.2, 0) is 21.9 Å². The Bertz CT molecular complexity index is 826. The van der Waals surface area contributed by atoms with Gasteiger partial charge in [-0.1, -0.05) is 49.7 Å². The van der Waals surface area contributed by atoms with Crippen molar-refractivity contribution in [3.8, 4) is 0 Å². The summed E-state index contributed by atoms with van der Waals surface area (Å²) in [6.07, 6.45) is 1.91. The molecule has 0 fully saturated rings. The van der Waals surface area contributed by atoms with Gasteiger partial charge >= 0.3 is 0 Å². The van der Waals surface area contributed by atoms with Crippen LogP contribution >= 0.6 is 11.8 Å². The first-order valence-electron chi connectivity index (χ1n) is 10.4. The van der Waals surface area contributed by atoms with Crippen molar-refractivity contribution in [2.24, 2.45) is 0 Å². The van der Waals surface area contributed by atoms with Gasteiger partial charge in [-0.05, 0) is 49.1 Å². The van der Waals surface area contributed by atoms with E-state index in [1.165, 1.54) is 23.9 Å². The Hall–Kier alpha value is -2.34. The molecule has 1 N–H and O–H groups in total. The van der Waals surface area contributed by atoms with E-state index in [-0.39, 0.29) is 23.4 Å². The molecular formula is C24H31FN2O2S. The molecular weight excluding hydrogens is 399 g/mol. The molecule has 30 heavy (non-hydrogen) atoms. The van der Waals surface area contributed by atoms with Crippen LogP contribution in [-0.4, -0.2) is 35.1 Å². The van der Waals surface area contributed by atoms with Crippen molar-refractivity contribution in [2.75, 3.05) is 12.3 Å². The van der Waals surface area contributed by atoms with Gasteiger partial charge < -0.3 is 10.2 Å². The molecule has 2 rings (SSSR count). The predicted molar refractivity (Wildman–Crippen MR) is 122 cm³/mol. The fraction of sp³-hybridized carbons (Fsp3) is 0.417. The Morgan fingerprint density at radius 3 is 2.50 bits per heavy atom. The Labute approximate surface area is 183 Å². The molecule has 6 heteroatoms. The number of benzene rings is 2. The molecule has 0 unspecified atom stereocenters. The Kier molecular flexibility index (Phi) is 9.87. The second kappa shape index (κ2) is 12.4. The summed E-state index contributed by atoms with van der Waals surface area (Å²) in [5, 5.41) is 2.93. The quantitative estimate of drug-likeness (QED) is 0.526. The van der Waals surface area contributed by atoms with Crippen molar-refractivity contribution < 1.29 is 14.0 Å². The highest BCUT2D eigenvalue weighted by molar-refractivity contribution is 7.99. The first-order chi connectivity index (χ1) is 14.4. The first-order valence-corrected chi connectivity index (χ1v) is 11.5. The molecule has 2 aromatic carbocycles. The monoisotopic (exact) mass is 430 g/mol. The highest BCUT2D eigenvalue weighted by Gasteiger charge is 2.26. The maximum atomic E-state index is 13.1. The van der Waals surface area contributed by atoms with Gasteiger partial charge in [0, 0.05) is 18.8 Å². The number of amides is 2. The van der Waals surface area contributed by atoms with Crippen molar-refractivity contribution in [3.63, 3.8) is 0 Å². The second-order valence-corrected chi connectivity index (χ2v) is 8.37. The van der Waals surface area contributed by atoms with E-state index in [4.69, 9.17) is 0 Å². The lowest BCUT2D eigenvalue weighted by Gasteiger charge is -2.29. The first kappa shape index (κ1) is 23.9. The molecule has 0 aliphatic rings. The van der Waals surface area contributed by atoms with Crippen LogP contribution in [0.15, 0.2) is 48.5 Å². The van der Waals surface area contributed by atoms with E-state index in [1.54, 1.807) is 24.0 Å². The molecule has 0 bridgehead atoms. The molecule has 0 saturated heterocycles. The Morgan fingerprint density at radius 1 is 1.13 bits per heavy atom. The third-order valence-corrected chi connectivity index (χ3v) is 5.99. The molecule has 0 radical (unpaired) electrons. The van der Waals surface area contributed by atoms with Crippen LogP contribution < -0.4 is 5.32 Å². The third-order valence-electron chi connectivity index (χ3n) is 5.01. The number of carbonyl (C=O) groups excluding carboxylic acids is 2. The summed E-state index contributed by atoms with van der Waals surface area (Å²) in [5.41, 5.74) is 3.08. The SMILES string of the molecule is CCCCNC(=O)[C@H](C)N(Cc1ccccc1C)C(=O)CSCc1ccc(F)cc1. The zero-order valence-corrected chi connectivity index (χ0v) is 18.8. The van der Waals surface area contributed by atoms with Crippen LogP contribution in [0.3, 0.4) is 0 Å². The molecule has 2 amide bonds. The van der Waals surface area contributed by atoms with E-state index < -0.39 is 6.04 Å². The summed E-state index contributed by atoms with van der Waals surface area (Å²) in [6.45, 7) is 6.87. The molecule has 0 aliphatic heterocycles. The molecule has 0 heterocycles. The lowest BCUT2D eigenvalue weighted by molar-refractivity contribution is -0.138. The highest BCUT2D eigenvalue weighted by Crippen LogP contribution is 2.17. The van der Waals surface area contributed by atoms with Crippen LogP contribution in [0.1, 0.15) is 43.4 Å².